The molecule has 0 fully saturated rings. The van der Waals surface area contributed by atoms with Crippen LogP contribution in [0.15, 0.2) is 45.3 Å². The molecule has 0 bridgehead atoms. The first-order valence-corrected chi connectivity index (χ1v) is 6.85. The Bertz CT molecular complexity index is 534. The highest BCUT2D eigenvalue weighted by Gasteiger charge is 2.24. The van der Waals surface area contributed by atoms with E-state index in [-0.39, 0.29) is 0 Å². The van der Waals surface area contributed by atoms with Crippen molar-refractivity contribution in [3.05, 3.63) is 35.3 Å². The lowest BCUT2D eigenvalue weighted by Crippen LogP contribution is -2.22. The van der Waals surface area contributed by atoms with Crippen LogP contribution in [-0.2, 0) is 0 Å². The molecule has 3 rings (SSSR count). The van der Waals surface area contributed by atoms with Crippen molar-refractivity contribution in [1.29, 1.82) is 5.41 Å². The maximum Gasteiger partial charge on any atom is 0.151 e. The van der Waals surface area contributed by atoms with Crippen LogP contribution in [0.4, 0.5) is 0 Å². The normalized spacial score (nSPS) is 30.2. The highest BCUT2D eigenvalue weighted by atomic mass is 15.0. The second-order valence-electron chi connectivity index (χ2n) is 5.07. The third-order valence-electron chi connectivity index (χ3n) is 3.79. The van der Waals surface area contributed by atoms with Crippen molar-refractivity contribution in [1.82, 2.24) is 5.32 Å². The number of amidine groups is 1. The van der Waals surface area contributed by atoms with E-state index in [0.29, 0.717) is 11.8 Å². The largest absolute Gasteiger partial charge is 0.346 e. The van der Waals surface area contributed by atoms with Crippen LogP contribution in [0.5, 0.6) is 0 Å². The second-order valence-corrected chi connectivity index (χ2v) is 5.07. The van der Waals surface area contributed by atoms with Crippen LogP contribution in [0.2, 0.25) is 0 Å². The number of allylic oxidation sites excluding steroid dienone is 3. The standard InChI is InChI=1S/C15H18N4/c16-14-13(15-17-7-4-8-18-15)9-12(10-19-14)11-5-2-1-3-6-11/h4-5,7-8,10,12,16-17H,1-3,6,9H2. The Hall–Kier alpha value is -1.97. The lowest BCUT2D eigenvalue weighted by Gasteiger charge is -2.25. The van der Waals surface area contributed by atoms with Gasteiger partial charge in [-0.25, -0.2) is 9.98 Å². The highest BCUT2D eigenvalue weighted by molar-refractivity contribution is 6.04. The van der Waals surface area contributed by atoms with Crippen molar-refractivity contribution in [2.45, 2.75) is 32.1 Å². The summed E-state index contributed by atoms with van der Waals surface area (Å²) in [5, 5.41) is 11.1. The number of hydrogen-bond acceptors (Lipinski definition) is 3. The van der Waals surface area contributed by atoms with Gasteiger partial charge in [0.15, 0.2) is 5.84 Å². The molecule has 0 amide bonds. The molecule has 1 aliphatic carbocycles. The fraction of sp³-hybridized carbons (Fsp3) is 0.400. The zero-order valence-electron chi connectivity index (χ0n) is 10.9. The molecular formula is C15H18N4. The Labute approximate surface area is 113 Å². The minimum absolute atomic E-state index is 0.336. The van der Waals surface area contributed by atoms with Crippen LogP contribution in [0.3, 0.4) is 0 Å². The van der Waals surface area contributed by atoms with Gasteiger partial charge in [0.1, 0.15) is 5.82 Å². The van der Waals surface area contributed by atoms with Crippen LogP contribution < -0.4 is 5.32 Å². The van der Waals surface area contributed by atoms with E-state index >= 15 is 0 Å². The number of hydrogen-bond donors (Lipinski definition) is 2. The van der Waals surface area contributed by atoms with E-state index in [1.54, 1.807) is 6.21 Å². The molecule has 0 spiro atoms. The van der Waals surface area contributed by atoms with Gasteiger partial charge in [0.2, 0.25) is 0 Å². The zero-order valence-corrected chi connectivity index (χ0v) is 10.9. The summed E-state index contributed by atoms with van der Waals surface area (Å²) in [6.07, 6.45) is 15.5. The van der Waals surface area contributed by atoms with Gasteiger partial charge < -0.3 is 5.32 Å². The minimum Gasteiger partial charge on any atom is -0.346 e. The molecule has 2 heterocycles. The van der Waals surface area contributed by atoms with Gasteiger partial charge >= 0.3 is 0 Å². The average molecular weight is 254 g/mol. The first kappa shape index (κ1) is 12.1. The van der Waals surface area contributed by atoms with Crippen molar-refractivity contribution < 1.29 is 0 Å². The lowest BCUT2D eigenvalue weighted by atomic mass is 9.84. The van der Waals surface area contributed by atoms with E-state index in [9.17, 15) is 0 Å². The smallest absolute Gasteiger partial charge is 0.151 e. The molecule has 1 atom stereocenters. The quantitative estimate of drug-likeness (QED) is 0.694. The van der Waals surface area contributed by atoms with Crippen LogP contribution >= 0.6 is 0 Å². The number of aliphatic imine (C=N–C) groups is 2. The van der Waals surface area contributed by atoms with E-state index in [1.807, 2.05) is 18.5 Å². The van der Waals surface area contributed by atoms with Crippen molar-refractivity contribution in [3.8, 4) is 0 Å². The first-order chi connectivity index (χ1) is 9.34. The van der Waals surface area contributed by atoms with E-state index in [0.717, 1.165) is 17.8 Å². The third kappa shape index (κ3) is 2.57. The molecule has 2 aliphatic heterocycles. The molecule has 0 aromatic rings. The average Bonchev–Trinajstić information content (AvgIpc) is 2.49. The van der Waals surface area contributed by atoms with Crippen LogP contribution in [0.25, 0.3) is 0 Å². The zero-order chi connectivity index (χ0) is 13.1. The van der Waals surface area contributed by atoms with Gasteiger partial charge in [-0.2, -0.15) is 0 Å². The number of nitrogens with one attached hydrogen (secondary N) is 2. The molecule has 0 saturated heterocycles. The number of nitrogens with zero attached hydrogens (tertiary/aromatic N) is 2. The molecule has 0 radical (unpaired) electrons. The third-order valence-corrected chi connectivity index (χ3v) is 3.79. The number of rotatable bonds is 1. The summed E-state index contributed by atoms with van der Waals surface area (Å²) >= 11 is 0. The van der Waals surface area contributed by atoms with Crippen molar-refractivity contribution in [3.63, 3.8) is 0 Å². The molecule has 19 heavy (non-hydrogen) atoms. The molecule has 4 nitrogen and oxygen atoms in total. The molecule has 2 N–H and O–H groups in total. The minimum atomic E-state index is 0.336. The lowest BCUT2D eigenvalue weighted by molar-refractivity contribution is 0.638. The van der Waals surface area contributed by atoms with E-state index in [2.05, 4.69) is 21.4 Å². The second kappa shape index (κ2) is 5.34. The molecular weight excluding hydrogens is 236 g/mol. The fourth-order valence-corrected chi connectivity index (χ4v) is 2.74. The molecule has 0 aromatic carbocycles. The Kier molecular flexibility index (Phi) is 3.40. The summed E-state index contributed by atoms with van der Waals surface area (Å²) in [6.45, 7) is 0. The van der Waals surface area contributed by atoms with Crippen molar-refractivity contribution >= 4 is 18.3 Å². The summed E-state index contributed by atoms with van der Waals surface area (Å²) < 4.78 is 0. The van der Waals surface area contributed by atoms with Crippen molar-refractivity contribution in [2.75, 3.05) is 0 Å². The van der Waals surface area contributed by atoms with Gasteiger partial charge in [0, 0.05) is 30.1 Å². The molecule has 0 saturated carbocycles. The summed E-state index contributed by atoms with van der Waals surface area (Å²) in [7, 11) is 0. The van der Waals surface area contributed by atoms with Crippen LogP contribution in [0.1, 0.15) is 32.1 Å². The van der Waals surface area contributed by atoms with Gasteiger partial charge in [-0.05, 0) is 38.2 Å². The van der Waals surface area contributed by atoms with Gasteiger partial charge in [0.25, 0.3) is 0 Å². The molecule has 3 aliphatic rings. The Morgan fingerprint density at radius 3 is 2.95 bits per heavy atom. The maximum absolute atomic E-state index is 7.97. The predicted octanol–water partition coefficient (Wildman–Crippen LogP) is 2.95. The van der Waals surface area contributed by atoms with Gasteiger partial charge in [-0.15, -0.1) is 0 Å². The molecule has 0 aromatic heterocycles. The SMILES string of the molecule is N=C1N=CC(C2=CCCCC2)CC1=C1N=CC=CN1. The molecule has 4 heteroatoms. The van der Waals surface area contributed by atoms with E-state index < -0.39 is 0 Å². The Balaban J connectivity index is 1.86. The summed E-state index contributed by atoms with van der Waals surface area (Å²) in [4.78, 5) is 8.57. The highest BCUT2D eigenvalue weighted by Crippen LogP contribution is 2.31. The fourth-order valence-electron chi connectivity index (χ4n) is 2.74. The van der Waals surface area contributed by atoms with Crippen LogP contribution in [-0.4, -0.2) is 18.3 Å². The Morgan fingerprint density at radius 1 is 1.26 bits per heavy atom. The van der Waals surface area contributed by atoms with Gasteiger partial charge in [-0.3, -0.25) is 5.41 Å². The maximum atomic E-state index is 7.97. The summed E-state index contributed by atoms with van der Waals surface area (Å²) in [6, 6.07) is 0. The van der Waals surface area contributed by atoms with E-state index in [1.165, 1.54) is 31.3 Å². The summed E-state index contributed by atoms with van der Waals surface area (Å²) in [5.74, 6) is 1.45. The van der Waals surface area contributed by atoms with Gasteiger partial charge in [-0.1, -0.05) is 11.6 Å². The Morgan fingerprint density at radius 2 is 2.21 bits per heavy atom. The van der Waals surface area contributed by atoms with Crippen LogP contribution in [0, 0.1) is 11.3 Å². The topological polar surface area (TPSA) is 60.6 Å². The molecule has 1 unspecified atom stereocenters. The molecule has 98 valence electrons. The predicted molar refractivity (Wildman–Crippen MR) is 78.7 cm³/mol. The van der Waals surface area contributed by atoms with E-state index in [4.69, 9.17) is 5.41 Å². The monoisotopic (exact) mass is 254 g/mol. The van der Waals surface area contributed by atoms with Gasteiger partial charge in [0.05, 0.1) is 0 Å². The summed E-state index contributed by atoms with van der Waals surface area (Å²) in [5.41, 5.74) is 2.40. The van der Waals surface area contributed by atoms with Crippen molar-refractivity contribution in [2.24, 2.45) is 15.9 Å². The first-order valence-electron chi connectivity index (χ1n) is 6.85.